The maximum atomic E-state index is 10.8. The highest BCUT2D eigenvalue weighted by Crippen LogP contribution is 2.30. The Morgan fingerprint density at radius 1 is 1.44 bits per heavy atom. The number of hydrogen-bond acceptors (Lipinski definition) is 2. The fraction of sp³-hybridized carbons (Fsp3) is 0.364. The summed E-state index contributed by atoms with van der Waals surface area (Å²) < 4.78 is 0. The number of nitrogens with zero attached hydrogens (tertiary/aromatic N) is 1. The molecule has 0 saturated carbocycles. The Labute approximate surface area is 105 Å². The molecule has 88 valence electrons. The average molecular weight is 262 g/mol. The minimum Gasteiger partial charge on any atom is -0.481 e. The van der Waals surface area contributed by atoms with E-state index in [-0.39, 0.29) is 12.5 Å². The van der Waals surface area contributed by atoms with Gasteiger partial charge in [0.1, 0.15) is 0 Å². The maximum Gasteiger partial charge on any atom is 0.305 e. The standard InChI is InChI=1S/C11H13Cl2NO2/c1-14(2)10(6-11(15)16)8-4-3-7(12)5-9(8)13/h3-5,10H,6H2,1-2H3,(H,15,16). The topological polar surface area (TPSA) is 40.5 Å². The van der Waals surface area contributed by atoms with Crippen LogP contribution < -0.4 is 0 Å². The summed E-state index contributed by atoms with van der Waals surface area (Å²) in [5, 5.41) is 9.88. The van der Waals surface area contributed by atoms with Gasteiger partial charge in [0, 0.05) is 16.1 Å². The molecule has 0 aliphatic heterocycles. The Kier molecular flexibility index (Phi) is 4.59. The highest BCUT2D eigenvalue weighted by molar-refractivity contribution is 6.35. The Morgan fingerprint density at radius 3 is 2.50 bits per heavy atom. The molecule has 0 fully saturated rings. The summed E-state index contributed by atoms with van der Waals surface area (Å²) in [4.78, 5) is 12.6. The molecule has 16 heavy (non-hydrogen) atoms. The summed E-state index contributed by atoms with van der Waals surface area (Å²) >= 11 is 11.8. The largest absolute Gasteiger partial charge is 0.481 e. The second-order valence-corrected chi connectivity index (χ2v) is 4.59. The van der Waals surface area contributed by atoms with Gasteiger partial charge in [0.05, 0.1) is 6.42 Å². The van der Waals surface area contributed by atoms with Gasteiger partial charge < -0.3 is 10.0 Å². The predicted octanol–water partition coefficient (Wildman–Crippen LogP) is 3.07. The van der Waals surface area contributed by atoms with Crippen molar-refractivity contribution in [2.24, 2.45) is 0 Å². The fourth-order valence-electron chi connectivity index (χ4n) is 1.51. The van der Waals surface area contributed by atoms with E-state index in [1.807, 2.05) is 19.0 Å². The van der Waals surface area contributed by atoms with Crippen molar-refractivity contribution in [3.05, 3.63) is 33.8 Å². The molecule has 1 rings (SSSR count). The van der Waals surface area contributed by atoms with Crippen molar-refractivity contribution in [2.75, 3.05) is 14.1 Å². The Hall–Kier alpha value is -0.770. The second-order valence-electron chi connectivity index (χ2n) is 3.74. The monoisotopic (exact) mass is 261 g/mol. The molecule has 1 unspecified atom stereocenters. The lowest BCUT2D eigenvalue weighted by Crippen LogP contribution is -2.23. The number of hydrogen-bond donors (Lipinski definition) is 1. The summed E-state index contributed by atoms with van der Waals surface area (Å²) in [6.07, 6.45) is 0.00829. The van der Waals surface area contributed by atoms with Crippen LogP contribution in [-0.4, -0.2) is 30.1 Å². The maximum absolute atomic E-state index is 10.8. The van der Waals surface area contributed by atoms with E-state index in [0.29, 0.717) is 10.0 Å². The molecule has 0 heterocycles. The summed E-state index contributed by atoms with van der Waals surface area (Å²) in [5.41, 5.74) is 0.776. The van der Waals surface area contributed by atoms with E-state index < -0.39 is 5.97 Å². The number of carboxylic acids is 1. The van der Waals surface area contributed by atoms with E-state index in [1.54, 1.807) is 18.2 Å². The molecular weight excluding hydrogens is 249 g/mol. The second kappa shape index (κ2) is 5.53. The Morgan fingerprint density at radius 2 is 2.06 bits per heavy atom. The van der Waals surface area contributed by atoms with Gasteiger partial charge in [-0.15, -0.1) is 0 Å². The first-order valence-corrected chi connectivity index (χ1v) is 5.50. The molecule has 1 N–H and O–H groups in total. The minimum absolute atomic E-state index is 0.00829. The summed E-state index contributed by atoms with van der Waals surface area (Å²) in [6, 6.07) is 4.85. The van der Waals surface area contributed by atoms with Gasteiger partial charge in [-0.1, -0.05) is 29.3 Å². The zero-order valence-electron chi connectivity index (χ0n) is 9.08. The number of carboxylic acid groups (broad SMARTS) is 1. The van der Waals surface area contributed by atoms with Crippen LogP contribution in [0.2, 0.25) is 10.0 Å². The van der Waals surface area contributed by atoms with Gasteiger partial charge >= 0.3 is 5.97 Å². The number of halogens is 2. The molecule has 0 bridgehead atoms. The third kappa shape index (κ3) is 3.37. The minimum atomic E-state index is -0.857. The van der Waals surface area contributed by atoms with Crippen molar-refractivity contribution in [2.45, 2.75) is 12.5 Å². The molecule has 0 spiro atoms. The van der Waals surface area contributed by atoms with Crippen LogP contribution in [0, 0.1) is 0 Å². The van der Waals surface area contributed by atoms with E-state index in [0.717, 1.165) is 5.56 Å². The SMILES string of the molecule is CN(C)C(CC(=O)O)c1ccc(Cl)cc1Cl. The molecule has 1 atom stereocenters. The molecule has 0 saturated heterocycles. The van der Waals surface area contributed by atoms with Crippen molar-refractivity contribution < 1.29 is 9.90 Å². The predicted molar refractivity (Wildman–Crippen MR) is 65.1 cm³/mol. The van der Waals surface area contributed by atoms with E-state index in [9.17, 15) is 4.79 Å². The molecule has 3 nitrogen and oxygen atoms in total. The van der Waals surface area contributed by atoms with Crippen LogP contribution in [0.3, 0.4) is 0 Å². The van der Waals surface area contributed by atoms with Crippen molar-refractivity contribution >= 4 is 29.2 Å². The highest BCUT2D eigenvalue weighted by Gasteiger charge is 2.20. The van der Waals surface area contributed by atoms with Crippen LogP contribution in [0.25, 0.3) is 0 Å². The van der Waals surface area contributed by atoms with Crippen molar-refractivity contribution in [3.63, 3.8) is 0 Å². The first-order chi connectivity index (χ1) is 7.41. The van der Waals surface area contributed by atoms with E-state index in [1.165, 1.54) is 0 Å². The number of carbonyl (C=O) groups is 1. The molecule has 0 amide bonds. The first kappa shape index (κ1) is 13.3. The Balaban J connectivity index is 3.05. The zero-order chi connectivity index (χ0) is 12.3. The van der Waals surface area contributed by atoms with Gasteiger partial charge in [0.2, 0.25) is 0 Å². The quantitative estimate of drug-likeness (QED) is 0.906. The average Bonchev–Trinajstić information content (AvgIpc) is 2.14. The first-order valence-electron chi connectivity index (χ1n) is 4.75. The van der Waals surface area contributed by atoms with Crippen LogP contribution in [0.4, 0.5) is 0 Å². The molecule has 1 aromatic carbocycles. The van der Waals surface area contributed by atoms with Crippen LogP contribution in [-0.2, 0) is 4.79 Å². The normalized spacial score (nSPS) is 12.8. The number of aliphatic carboxylic acids is 1. The van der Waals surface area contributed by atoms with Gasteiger partial charge in [-0.2, -0.15) is 0 Å². The zero-order valence-corrected chi connectivity index (χ0v) is 10.6. The molecular formula is C11H13Cl2NO2. The Bertz CT molecular complexity index is 394. The van der Waals surface area contributed by atoms with Gasteiger partial charge in [-0.05, 0) is 31.8 Å². The lowest BCUT2D eigenvalue weighted by molar-refractivity contribution is -0.138. The van der Waals surface area contributed by atoms with E-state index in [2.05, 4.69) is 0 Å². The molecule has 5 heteroatoms. The van der Waals surface area contributed by atoms with Crippen LogP contribution in [0.5, 0.6) is 0 Å². The number of rotatable bonds is 4. The van der Waals surface area contributed by atoms with Crippen LogP contribution >= 0.6 is 23.2 Å². The molecule has 0 aliphatic rings. The summed E-state index contributed by atoms with van der Waals surface area (Å²) in [7, 11) is 3.64. The fourth-order valence-corrected chi connectivity index (χ4v) is 2.04. The van der Waals surface area contributed by atoms with Crippen LogP contribution in [0.1, 0.15) is 18.0 Å². The van der Waals surface area contributed by atoms with E-state index in [4.69, 9.17) is 28.3 Å². The molecule has 0 radical (unpaired) electrons. The van der Waals surface area contributed by atoms with Crippen molar-refractivity contribution in [1.29, 1.82) is 0 Å². The third-order valence-corrected chi connectivity index (χ3v) is 2.88. The lowest BCUT2D eigenvalue weighted by atomic mass is 10.0. The molecule has 0 aliphatic carbocycles. The lowest BCUT2D eigenvalue weighted by Gasteiger charge is -2.24. The summed E-state index contributed by atoms with van der Waals surface area (Å²) in [5.74, 6) is -0.857. The molecule has 1 aromatic rings. The van der Waals surface area contributed by atoms with Crippen molar-refractivity contribution in [1.82, 2.24) is 4.90 Å². The highest BCUT2D eigenvalue weighted by atomic mass is 35.5. The van der Waals surface area contributed by atoms with Gasteiger partial charge in [-0.25, -0.2) is 0 Å². The molecule has 0 aromatic heterocycles. The number of benzene rings is 1. The van der Waals surface area contributed by atoms with Gasteiger partial charge in [0.15, 0.2) is 0 Å². The van der Waals surface area contributed by atoms with Gasteiger partial charge in [0.25, 0.3) is 0 Å². The van der Waals surface area contributed by atoms with E-state index >= 15 is 0 Å². The van der Waals surface area contributed by atoms with Crippen molar-refractivity contribution in [3.8, 4) is 0 Å². The summed E-state index contributed by atoms with van der Waals surface area (Å²) in [6.45, 7) is 0. The third-order valence-electron chi connectivity index (χ3n) is 2.31. The van der Waals surface area contributed by atoms with Gasteiger partial charge in [-0.3, -0.25) is 4.79 Å². The smallest absolute Gasteiger partial charge is 0.305 e. The van der Waals surface area contributed by atoms with Crippen LogP contribution in [0.15, 0.2) is 18.2 Å².